The summed E-state index contributed by atoms with van der Waals surface area (Å²) in [5.41, 5.74) is 9.58. The summed E-state index contributed by atoms with van der Waals surface area (Å²) < 4.78 is 1.97. The minimum atomic E-state index is 0.432. The zero-order valence-corrected chi connectivity index (χ0v) is 12.5. The van der Waals surface area contributed by atoms with Gasteiger partial charge in [-0.25, -0.2) is 0 Å². The zero-order chi connectivity index (χ0) is 13.7. The molecule has 0 aliphatic carbocycles. The molecule has 0 aromatic carbocycles. The quantitative estimate of drug-likeness (QED) is 0.724. The Morgan fingerprint density at radius 2 is 2.00 bits per heavy atom. The smallest absolute Gasteiger partial charge is 0.0628 e. The van der Waals surface area contributed by atoms with Crippen LogP contribution in [0.25, 0.3) is 0 Å². The number of nitrogens with zero attached hydrogens (tertiary/aromatic N) is 2. The Kier molecular flexibility index (Phi) is 5.82. The second-order valence-electron chi connectivity index (χ2n) is 5.42. The number of hydrogen-bond acceptors (Lipinski definition) is 3. The highest BCUT2D eigenvalue weighted by molar-refractivity contribution is 5.24. The van der Waals surface area contributed by atoms with Crippen LogP contribution in [0, 0.1) is 19.8 Å². The topological polar surface area (TPSA) is 55.9 Å². The van der Waals surface area contributed by atoms with Crippen LogP contribution in [0.5, 0.6) is 0 Å². The Bertz CT molecular complexity index is 368. The first-order valence-electron chi connectivity index (χ1n) is 6.89. The molecule has 0 aliphatic heterocycles. The van der Waals surface area contributed by atoms with Gasteiger partial charge >= 0.3 is 0 Å². The van der Waals surface area contributed by atoms with Crippen molar-refractivity contribution in [2.24, 2.45) is 18.7 Å². The van der Waals surface area contributed by atoms with Crippen LogP contribution >= 0.6 is 0 Å². The molecule has 0 bridgehead atoms. The van der Waals surface area contributed by atoms with Crippen molar-refractivity contribution in [1.82, 2.24) is 15.1 Å². The summed E-state index contributed by atoms with van der Waals surface area (Å²) in [6.07, 6.45) is 2.23. The van der Waals surface area contributed by atoms with Gasteiger partial charge in [0, 0.05) is 25.3 Å². The Hall–Kier alpha value is -0.870. The number of aryl methyl sites for hydroxylation is 2. The summed E-state index contributed by atoms with van der Waals surface area (Å²) in [4.78, 5) is 0. The first-order valence-corrected chi connectivity index (χ1v) is 6.89. The fourth-order valence-corrected chi connectivity index (χ4v) is 2.32. The van der Waals surface area contributed by atoms with Gasteiger partial charge in [0.2, 0.25) is 0 Å². The molecular weight excluding hydrogens is 224 g/mol. The Labute approximate surface area is 111 Å². The number of rotatable bonds is 7. The van der Waals surface area contributed by atoms with Gasteiger partial charge in [-0.2, -0.15) is 5.10 Å². The summed E-state index contributed by atoms with van der Waals surface area (Å²) in [5, 5.41) is 7.98. The van der Waals surface area contributed by atoms with E-state index in [1.807, 2.05) is 11.7 Å². The fraction of sp³-hybridized carbons (Fsp3) is 0.786. The van der Waals surface area contributed by atoms with E-state index in [0.717, 1.165) is 25.1 Å². The van der Waals surface area contributed by atoms with Crippen molar-refractivity contribution >= 4 is 0 Å². The summed E-state index contributed by atoms with van der Waals surface area (Å²) in [7, 11) is 2.01. The van der Waals surface area contributed by atoms with Gasteiger partial charge in [-0.05, 0) is 44.7 Å². The Balaban J connectivity index is 2.38. The summed E-state index contributed by atoms with van der Waals surface area (Å²) in [6, 6.07) is 0.432. The SMILES string of the molecule is Cc1nn(C)c(C)c1CCCNC(CN)C(C)C. The van der Waals surface area contributed by atoms with E-state index in [4.69, 9.17) is 5.73 Å². The summed E-state index contributed by atoms with van der Waals surface area (Å²) >= 11 is 0. The summed E-state index contributed by atoms with van der Waals surface area (Å²) in [5.74, 6) is 0.594. The van der Waals surface area contributed by atoms with E-state index in [-0.39, 0.29) is 0 Å². The molecule has 0 spiro atoms. The van der Waals surface area contributed by atoms with Crippen LogP contribution in [-0.4, -0.2) is 28.9 Å². The van der Waals surface area contributed by atoms with Gasteiger partial charge in [0.05, 0.1) is 5.69 Å². The highest BCUT2D eigenvalue weighted by Crippen LogP contribution is 2.13. The van der Waals surface area contributed by atoms with Crippen LogP contribution in [0.3, 0.4) is 0 Å². The van der Waals surface area contributed by atoms with Gasteiger partial charge < -0.3 is 11.1 Å². The molecule has 104 valence electrons. The lowest BCUT2D eigenvalue weighted by Crippen LogP contribution is -2.40. The maximum absolute atomic E-state index is 5.74. The highest BCUT2D eigenvalue weighted by atomic mass is 15.3. The van der Waals surface area contributed by atoms with E-state index in [9.17, 15) is 0 Å². The molecule has 0 aliphatic rings. The lowest BCUT2D eigenvalue weighted by molar-refractivity contribution is 0.404. The van der Waals surface area contributed by atoms with Crippen molar-refractivity contribution in [2.45, 2.75) is 46.6 Å². The normalized spacial score (nSPS) is 13.3. The molecule has 4 nitrogen and oxygen atoms in total. The monoisotopic (exact) mass is 252 g/mol. The highest BCUT2D eigenvalue weighted by Gasteiger charge is 2.11. The van der Waals surface area contributed by atoms with Gasteiger partial charge in [0.1, 0.15) is 0 Å². The van der Waals surface area contributed by atoms with Crippen molar-refractivity contribution in [3.8, 4) is 0 Å². The standard InChI is InChI=1S/C14H28N4/c1-10(2)14(9-15)16-8-6-7-13-11(3)17-18(5)12(13)4/h10,14,16H,6-9,15H2,1-5H3. The second kappa shape index (κ2) is 6.90. The summed E-state index contributed by atoms with van der Waals surface area (Å²) in [6.45, 7) is 10.4. The van der Waals surface area contributed by atoms with Crippen molar-refractivity contribution in [1.29, 1.82) is 0 Å². The second-order valence-corrected chi connectivity index (χ2v) is 5.42. The number of nitrogens with two attached hydrogens (primary N) is 1. The van der Waals surface area contributed by atoms with E-state index in [0.29, 0.717) is 18.5 Å². The lowest BCUT2D eigenvalue weighted by atomic mass is 10.0. The van der Waals surface area contributed by atoms with E-state index in [2.05, 4.69) is 38.1 Å². The average Bonchev–Trinajstić information content (AvgIpc) is 2.54. The molecule has 18 heavy (non-hydrogen) atoms. The van der Waals surface area contributed by atoms with E-state index >= 15 is 0 Å². The van der Waals surface area contributed by atoms with Crippen molar-refractivity contribution < 1.29 is 0 Å². The molecule has 1 atom stereocenters. The third-order valence-electron chi connectivity index (χ3n) is 3.73. The van der Waals surface area contributed by atoms with Gasteiger partial charge in [0.25, 0.3) is 0 Å². The van der Waals surface area contributed by atoms with Gasteiger partial charge in [-0.3, -0.25) is 4.68 Å². The van der Waals surface area contributed by atoms with Crippen molar-refractivity contribution in [3.05, 3.63) is 17.0 Å². The molecule has 0 amide bonds. The maximum Gasteiger partial charge on any atom is 0.0628 e. The van der Waals surface area contributed by atoms with Gasteiger partial charge in [-0.15, -0.1) is 0 Å². The molecule has 0 saturated heterocycles. The predicted octanol–water partition coefficient (Wildman–Crippen LogP) is 1.54. The van der Waals surface area contributed by atoms with Gasteiger partial charge in [0.15, 0.2) is 0 Å². The number of aromatic nitrogens is 2. The van der Waals surface area contributed by atoms with Crippen LogP contribution in [0.4, 0.5) is 0 Å². The van der Waals surface area contributed by atoms with Crippen LogP contribution in [0.15, 0.2) is 0 Å². The van der Waals surface area contributed by atoms with Crippen molar-refractivity contribution in [2.75, 3.05) is 13.1 Å². The van der Waals surface area contributed by atoms with E-state index < -0.39 is 0 Å². The minimum Gasteiger partial charge on any atom is -0.329 e. The molecule has 1 heterocycles. The lowest BCUT2D eigenvalue weighted by Gasteiger charge is -2.20. The average molecular weight is 252 g/mol. The number of nitrogens with one attached hydrogen (secondary N) is 1. The van der Waals surface area contributed by atoms with E-state index in [1.54, 1.807) is 0 Å². The fourth-order valence-electron chi connectivity index (χ4n) is 2.32. The molecule has 1 rings (SSSR count). The van der Waals surface area contributed by atoms with Crippen LogP contribution < -0.4 is 11.1 Å². The minimum absolute atomic E-state index is 0.432. The number of hydrogen-bond donors (Lipinski definition) is 2. The molecule has 4 heteroatoms. The van der Waals surface area contributed by atoms with Crippen LogP contribution in [0.1, 0.15) is 37.2 Å². The third-order valence-corrected chi connectivity index (χ3v) is 3.73. The molecule has 1 unspecified atom stereocenters. The van der Waals surface area contributed by atoms with Crippen LogP contribution in [-0.2, 0) is 13.5 Å². The molecule has 0 fully saturated rings. The van der Waals surface area contributed by atoms with Crippen LogP contribution in [0.2, 0.25) is 0 Å². The largest absolute Gasteiger partial charge is 0.329 e. The molecule has 0 saturated carbocycles. The Morgan fingerprint density at radius 1 is 1.33 bits per heavy atom. The molecule has 0 radical (unpaired) electrons. The molecular formula is C14H28N4. The third kappa shape index (κ3) is 3.82. The molecule has 1 aromatic rings. The maximum atomic E-state index is 5.74. The zero-order valence-electron chi connectivity index (χ0n) is 12.5. The van der Waals surface area contributed by atoms with Gasteiger partial charge in [-0.1, -0.05) is 13.8 Å². The predicted molar refractivity (Wildman–Crippen MR) is 76.7 cm³/mol. The Morgan fingerprint density at radius 3 is 2.44 bits per heavy atom. The van der Waals surface area contributed by atoms with E-state index in [1.165, 1.54) is 11.3 Å². The first kappa shape index (κ1) is 15.2. The van der Waals surface area contributed by atoms with Crippen molar-refractivity contribution in [3.63, 3.8) is 0 Å². The molecule has 1 aromatic heterocycles. The molecule has 3 N–H and O–H groups in total. The first-order chi connectivity index (χ1) is 8.47.